The van der Waals surface area contributed by atoms with E-state index < -0.39 is 0 Å². The Hall–Kier alpha value is -0.240. The molecule has 1 atom stereocenters. The van der Waals surface area contributed by atoms with Gasteiger partial charge in [-0.3, -0.25) is 0 Å². The summed E-state index contributed by atoms with van der Waals surface area (Å²) in [4.78, 5) is 0. The molecule has 0 radical (unpaired) electrons. The van der Waals surface area contributed by atoms with Gasteiger partial charge in [-0.05, 0) is 30.5 Å². The van der Waals surface area contributed by atoms with E-state index in [-0.39, 0.29) is 0 Å². The molecule has 0 saturated heterocycles. The van der Waals surface area contributed by atoms with E-state index in [9.17, 15) is 0 Å². The van der Waals surface area contributed by atoms with E-state index in [4.69, 9.17) is 23.2 Å². The highest BCUT2D eigenvalue weighted by molar-refractivity contribution is 6.42. The predicted octanol–water partition coefficient (Wildman–Crippen LogP) is 5.44. The van der Waals surface area contributed by atoms with Crippen LogP contribution in [0.5, 0.6) is 0 Å². The summed E-state index contributed by atoms with van der Waals surface area (Å²) in [6.45, 7) is 5.34. The standard InChI is InChI=1S/C15H23Cl2N/c1-3-5-6-7-13(4-2)18-11-12-8-9-14(16)15(17)10-12/h8-10,13,18H,3-7,11H2,1-2H3. The average molecular weight is 288 g/mol. The molecular formula is C15H23Cl2N. The van der Waals surface area contributed by atoms with Crippen molar-refractivity contribution in [2.75, 3.05) is 0 Å². The smallest absolute Gasteiger partial charge is 0.0595 e. The van der Waals surface area contributed by atoms with Crippen LogP contribution >= 0.6 is 23.2 Å². The highest BCUT2D eigenvalue weighted by Gasteiger charge is 2.06. The van der Waals surface area contributed by atoms with Gasteiger partial charge in [0.05, 0.1) is 10.0 Å². The van der Waals surface area contributed by atoms with Gasteiger partial charge in [-0.1, -0.05) is 62.4 Å². The topological polar surface area (TPSA) is 12.0 Å². The van der Waals surface area contributed by atoms with Crippen LogP contribution in [0.2, 0.25) is 10.0 Å². The molecule has 18 heavy (non-hydrogen) atoms. The van der Waals surface area contributed by atoms with Crippen molar-refractivity contribution in [1.29, 1.82) is 0 Å². The summed E-state index contributed by atoms with van der Waals surface area (Å²) in [7, 11) is 0. The van der Waals surface area contributed by atoms with Gasteiger partial charge in [0.25, 0.3) is 0 Å². The van der Waals surface area contributed by atoms with Gasteiger partial charge in [-0.15, -0.1) is 0 Å². The first-order valence-electron chi connectivity index (χ1n) is 6.84. The van der Waals surface area contributed by atoms with Gasteiger partial charge in [-0.2, -0.15) is 0 Å². The van der Waals surface area contributed by atoms with Gasteiger partial charge in [0, 0.05) is 12.6 Å². The Bertz CT molecular complexity index is 352. The van der Waals surface area contributed by atoms with E-state index in [1.807, 2.05) is 18.2 Å². The van der Waals surface area contributed by atoms with Crippen molar-refractivity contribution < 1.29 is 0 Å². The monoisotopic (exact) mass is 287 g/mol. The number of hydrogen-bond donors (Lipinski definition) is 1. The minimum atomic E-state index is 0.603. The van der Waals surface area contributed by atoms with Gasteiger partial charge >= 0.3 is 0 Å². The molecule has 0 fully saturated rings. The predicted molar refractivity (Wildman–Crippen MR) is 81.5 cm³/mol. The van der Waals surface area contributed by atoms with Gasteiger partial charge in [0.15, 0.2) is 0 Å². The minimum absolute atomic E-state index is 0.603. The molecule has 1 aromatic carbocycles. The average Bonchev–Trinajstić information content (AvgIpc) is 2.37. The molecule has 1 aromatic rings. The van der Waals surface area contributed by atoms with Gasteiger partial charge < -0.3 is 5.32 Å². The van der Waals surface area contributed by atoms with Crippen LogP contribution < -0.4 is 5.32 Å². The first-order valence-corrected chi connectivity index (χ1v) is 7.60. The SMILES string of the molecule is CCCCCC(CC)NCc1ccc(Cl)c(Cl)c1. The van der Waals surface area contributed by atoms with Crippen LogP contribution in [0.25, 0.3) is 0 Å². The Morgan fingerprint density at radius 2 is 1.89 bits per heavy atom. The quantitative estimate of drug-likeness (QED) is 0.628. The number of benzene rings is 1. The number of rotatable bonds is 8. The van der Waals surface area contributed by atoms with Crippen molar-refractivity contribution in [2.24, 2.45) is 0 Å². The first kappa shape index (κ1) is 15.8. The Kier molecular flexibility index (Phi) is 7.73. The van der Waals surface area contributed by atoms with Crippen molar-refractivity contribution in [3.8, 4) is 0 Å². The van der Waals surface area contributed by atoms with Crippen molar-refractivity contribution in [3.05, 3.63) is 33.8 Å². The molecule has 102 valence electrons. The zero-order valence-corrected chi connectivity index (χ0v) is 12.8. The van der Waals surface area contributed by atoms with E-state index in [2.05, 4.69) is 19.2 Å². The number of hydrogen-bond acceptors (Lipinski definition) is 1. The van der Waals surface area contributed by atoms with Crippen molar-refractivity contribution in [2.45, 2.75) is 58.5 Å². The van der Waals surface area contributed by atoms with E-state index in [0.29, 0.717) is 16.1 Å². The van der Waals surface area contributed by atoms with Crippen molar-refractivity contribution >= 4 is 23.2 Å². The molecule has 0 aliphatic carbocycles. The minimum Gasteiger partial charge on any atom is -0.310 e. The normalized spacial score (nSPS) is 12.7. The first-order chi connectivity index (χ1) is 8.67. The van der Waals surface area contributed by atoms with Crippen LogP contribution in [0.15, 0.2) is 18.2 Å². The molecule has 0 aliphatic heterocycles. The lowest BCUT2D eigenvalue weighted by Gasteiger charge is -2.17. The molecule has 0 bridgehead atoms. The van der Waals surface area contributed by atoms with E-state index in [1.165, 1.54) is 37.7 Å². The molecule has 1 unspecified atom stereocenters. The summed E-state index contributed by atoms with van der Waals surface area (Å²) < 4.78 is 0. The molecule has 0 saturated carbocycles. The zero-order valence-electron chi connectivity index (χ0n) is 11.3. The lowest BCUT2D eigenvalue weighted by molar-refractivity contribution is 0.446. The van der Waals surface area contributed by atoms with Gasteiger partial charge in [0.2, 0.25) is 0 Å². The Balaban J connectivity index is 2.39. The molecule has 0 heterocycles. The fourth-order valence-electron chi connectivity index (χ4n) is 2.00. The summed E-state index contributed by atoms with van der Waals surface area (Å²) in [5.74, 6) is 0. The molecule has 1 nitrogen and oxygen atoms in total. The van der Waals surface area contributed by atoms with Crippen LogP contribution in [0.1, 0.15) is 51.5 Å². The summed E-state index contributed by atoms with van der Waals surface area (Å²) >= 11 is 11.9. The van der Waals surface area contributed by atoms with Crippen molar-refractivity contribution in [1.82, 2.24) is 5.32 Å². The summed E-state index contributed by atoms with van der Waals surface area (Å²) in [5, 5.41) is 4.84. The fraction of sp³-hybridized carbons (Fsp3) is 0.600. The molecule has 1 rings (SSSR count). The zero-order chi connectivity index (χ0) is 13.4. The molecular weight excluding hydrogens is 265 g/mol. The summed E-state index contributed by atoms with van der Waals surface area (Å²) in [6.07, 6.45) is 6.34. The Labute approximate surface area is 121 Å². The van der Waals surface area contributed by atoms with E-state index >= 15 is 0 Å². The van der Waals surface area contributed by atoms with Crippen LogP contribution in [-0.2, 0) is 6.54 Å². The third kappa shape index (κ3) is 5.60. The lowest BCUT2D eigenvalue weighted by atomic mass is 10.1. The summed E-state index contributed by atoms with van der Waals surface area (Å²) in [5.41, 5.74) is 1.19. The second kappa shape index (κ2) is 8.79. The second-order valence-electron chi connectivity index (χ2n) is 4.73. The summed E-state index contributed by atoms with van der Waals surface area (Å²) in [6, 6.07) is 6.43. The maximum Gasteiger partial charge on any atom is 0.0595 e. The maximum absolute atomic E-state index is 6.01. The third-order valence-corrected chi connectivity index (χ3v) is 3.97. The Morgan fingerprint density at radius 1 is 1.11 bits per heavy atom. The maximum atomic E-state index is 6.01. The van der Waals surface area contributed by atoms with Gasteiger partial charge in [-0.25, -0.2) is 0 Å². The molecule has 3 heteroatoms. The highest BCUT2D eigenvalue weighted by atomic mass is 35.5. The van der Waals surface area contributed by atoms with Crippen LogP contribution in [0, 0.1) is 0 Å². The molecule has 1 N–H and O–H groups in total. The van der Waals surface area contributed by atoms with Crippen LogP contribution in [-0.4, -0.2) is 6.04 Å². The number of unbranched alkanes of at least 4 members (excludes halogenated alkanes) is 2. The van der Waals surface area contributed by atoms with Crippen LogP contribution in [0.3, 0.4) is 0 Å². The molecule has 0 aliphatic rings. The largest absolute Gasteiger partial charge is 0.310 e. The highest BCUT2D eigenvalue weighted by Crippen LogP contribution is 2.22. The number of halogens is 2. The molecule has 0 amide bonds. The second-order valence-corrected chi connectivity index (χ2v) is 5.54. The van der Waals surface area contributed by atoms with E-state index in [0.717, 1.165) is 6.54 Å². The number of nitrogens with one attached hydrogen (secondary N) is 1. The van der Waals surface area contributed by atoms with E-state index in [1.54, 1.807) is 0 Å². The Morgan fingerprint density at radius 3 is 2.50 bits per heavy atom. The van der Waals surface area contributed by atoms with Gasteiger partial charge in [0.1, 0.15) is 0 Å². The lowest BCUT2D eigenvalue weighted by Crippen LogP contribution is -2.27. The molecule has 0 spiro atoms. The fourth-order valence-corrected chi connectivity index (χ4v) is 2.32. The third-order valence-electron chi connectivity index (χ3n) is 3.23. The van der Waals surface area contributed by atoms with Crippen LogP contribution in [0.4, 0.5) is 0 Å². The van der Waals surface area contributed by atoms with Crippen molar-refractivity contribution in [3.63, 3.8) is 0 Å². The molecule has 0 aromatic heterocycles.